The lowest BCUT2D eigenvalue weighted by Gasteiger charge is -2.08. The third-order valence-corrected chi connectivity index (χ3v) is 2.95. The van der Waals surface area contributed by atoms with Crippen LogP contribution in [0.15, 0.2) is 42.5 Å². The molecule has 0 aromatic heterocycles. The van der Waals surface area contributed by atoms with Crippen molar-refractivity contribution in [1.29, 1.82) is 0 Å². The van der Waals surface area contributed by atoms with Crippen LogP contribution in [0.1, 0.15) is 27.6 Å². The third kappa shape index (κ3) is 4.07. The maximum absolute atomic E-state index is 11.7. The summed E-state index contributed by atoms with van der Waals surface area (Å²) < 4.78 is 5.01. The Morgan fingerprint density at radius 2 is 1.70 bits per heavy atom. The van der Waals surface area contributed by atoms with Gasteiger partial charge >= 0.3 is 12.1 Å². The standard InChI is InChI=1S/C16H13NO6/c1-9(18)10-2-5-12(6-3-10)23-16(22)17-11-4-7-13(15(20)21)14(19)8-11/h2-8,19H,1H3,(H,17,22)(H,20,21). The second-order valence-electron chi connectivity index (χ2n) is 4.63. The molecule has 0 aliphatic carbocycles. The summed E-state index contributed by atoms with van der Waals surface area (Å²) in [5.74, 6) is -1.61. The Hall–Kier alpha value is -3.35. The first-order chi connectivity index (χ1) is 10.9. The second kappa shape index (κ2) is 6.61. The molecule has 0 saturated carbocycles. The van der Waals surface area contributed by atoms with Gasteiger partial charge in [0.2, 0.25) is 0 Å². The third-order valence-electron chi connectivity index (χ3n) is 2.95. The van der Waals surface area contributed by atoms with E-state index in [4.69, 9.17) is 9.84 Å². The molecule has 0 atom stereocenters. The Bertz CT molecular complexity index is 767. The molecule has 0 fully saturated rings. The van der Waals surface area contributed by atoms with Gasteiger partial charge in [-0.3, -0.25) is 10.1 Å². The normalized spacial score (nSPS) is 9.96. The van der Waals surface area contributed by atoms with Crippen LogP contribution in [0.3, 0.4) is 0 Å². The van der Waals surface area contributed by atoms with Crippen molar-refractivity contribution in [2.45, 2.75) is 6.92 Å². The lowest BCUT2D eigenvalue weighted by molar-refractivity contribution is 0.0693. The molecule has 0 bridgehead atoms. The minimum Gasteiger partial charge on any atom is -0.507 e. The number of ketones is 1. The number of carbonyl (C=O) groups excluding carboxylic acids is 2. The Kier molecular flexibility index (Phi) is 4.61. The van der Waals surface area contributed by atoms with Crippen molar-refractivity contribution in [3.63, 3.8) is 0 Å². The molecule has 0 heterocycles. The summed E-state index contributed by atoms with van der Waals surface area (Å²) in [6, 6.07) is 9.58. The van der Waals surface area contributed by atoms with E-state index >= 15 is 0 Å². The fraction of sp³-hybridized carbons (Fsp3) is 0.0625. The molecule has 0 saturated heterocycles. The van der Waals surface area contributed by atoms with Gasteiger partial charge in [0.1, 0.15) is 17.1 Å². The molecule has 7 nitrogen and oxygen atoms in total. The van der Waals surface area contributed by atoms with E-state index in [1.165, 1.54) is 37.3 Å². The summed E-state index contributed by atoms with van der Waals surface area (Å²) in [5.41, 5.74) is 0.397. The van der Waals surface area contributed by atoms with E-state index in [-0.39, 0.29) is 22.8 Å². The quantitative estimate of drug-likeness (QED) is 0.748. The summed E-state index contributed by atoms with van der Waals surface area (Å²) in [6.45, 7) is 1.43. The number of carboxylic acids is 1. The number of aromatic hydroxyl groups is 1. The summed E-state index contributed by atoms with van der Waals surface area (Å²) >= 11 is 0. The van der Waals surface area contributed by atoms with Gasteiger partial charge in [-0.25, -0.2) is 9.59 Å². The average molecular weight is 315 g/mol. The summed E-state index contributed by atoms with van der Waals surface area (Å²) in [6.07, 6.45) is -0.817. The maximum atomic E-state index is 11.7. The highest BCUT2D eigenvalue weighted by Crippen LogP contribution is 2.22. The van der Waals surface area contributed by atoms with E-state index in [1.54, 1.807) is 0 Å². The zero-order chi connectivity index (χ0) is 17.0. The SMILES string of the molecule is CC(=O)c1ccc(OC(=O)Nc2ccc(C(=O)O)c(O)c2)cc1. The Labute approximate surface area is 131 Å². The first kappa shape index (κ1) is 16.0. The topological polar surface area (TPSA) is 113 Å². The van der Waals surface area contributed by atoms with Crippen molar-refractivity contribution in [3.8, 4) is 11.5 Å². The lowest BCUT2D eigenvalue weighted by atomic mass is 10.1. The molecule has 2 aromatic rings. The van der Waals surface area contributed by atoms with Crippen LogP contribution < -0.4 is 10.1 Å². The van der Waals surface area contributed by atoms with Crippen LogP contribution in [-0.4, -0.2) is 28.1 Å². The molecule has 0 aliphatic rings. The highest BCUT2D eigenvalue weighted by molar-refractivity contribution is 5.94. The number of ether oxygens (including phenoxy) is 1. The number of aromatic carboxylic acids is 1. The molecule has 0 radical (unpaired) electrons. The van der Waals surface area contributed by atoms with Crippen molar-refractivity contribution in [2.75, 3.05) is 5.32 Å². The van der Waals surface area contributed by atoms with Crippen molar-refractivity contribution < 1.29 is 29.3 Å². The van der Waals surface area contributed by atoms with Crippen LogP contribution in [0.5, 0.6) is 11.5 Å². The number of phenols is 1. The molecular formula is C16H13NO6. The van der Waals surface area contributed by atoms with E-state index < -0.39 is 17.8 Å². The fourth-order valence-electron chi connectivity index (χ4n) is 1.80. The molecule has 1 amide bonds. The first-order valence-electron chi connectivity index (χ1n) is 6.53. The van der Waals surface area contributed by atoms with Crippen molar-refractivity contribution in [2.24, 2.45) is 0 Å². The molecule has 0 aliphatic heterocycles. The molecule has 118 valence electrons. The Morgan fingerprint density at radius 3 is 2.22 bits per heavy atom. The van der Waals surface area contributed by atoms with Gasteiger partial charge in [0, 0.05) is 17.3 Å². The van der Waals surface area contributed by atoms with Gasteiger partial charge in [-0.2, -0.15) is 0 Å². The van der Waals surface area contributed by atoms with Gasteiger partial charge in [-0.1, -0.05) is 0 Å². The molecule has 0 spiro atoms. The molecular weight excluding hydrogens is 302 g/mol. The monoisotopic (exact) mass is 315 g/mol. The van der Waals surface area contributed by atoms with Crippen LogP contribution in [0.4, 0.5) is 10.5 Å². The van der Waals surface area contributed by atoms with Crippen molar-refractivity contribution in [1.82, 2.24) is 0 Å². The predicted octanol–water partition coefficient (Wildman–Crippen LogP) is 2.90. The maximum Gasteiger partial charge on any atom is 0.417 e. The zero-order valence-corrected chi connectivity index (χ0v) is 12.1. The van der Waals surface area contributed by atoms with Crippen molar-refractivity contribution >= 4 is 23.5 Å². The molecule has 23 heavy (non-hydrogen) atoms. The fourth-order valence-corrected chi connectivity index (χ4v) is 1.80. The second-order valence-corrected chi connectivity index (χ2v) is 4.63. The number of hydrogen-bond donors (Lipinski definition) is 3. The molecule has 2 aromatic carbocycles. The highest BCUT2D eigenvalue weighted by atomic mass is 16.6. The van der Waals surface area contributed by atoms with Crippen LogP contribution in [-0.2, 0) is 0 Å². The number of benzene rings is 2. The number of hydrogen-bond acceptors (Lipinski definition) is 5. The molecule has 2 rings (SSSR count). The number of rotatable bonds is 4. The van der Waals surface area contributed by atoms with Crippen LogP contribution >= 0.6 is 0 Å². The Balaban J connectivity index is 2.03. The van der Waals surface area contributed by atoms with Gasteiger partial charge in [0.15, 0.2) is 5.78 Å². The number of amides is 1. The minimum atomic E-state index is -1.28. The minimum absolute atomic E-state index is 0.102. The van der Waals surface area contributed by atoms with Gasteiger partial charge in [0.05, 0.1) is 0 Å². The number of carbonyl (C=O) groups is 3. The van der Waals surface area contributed by atoms with E-state index in [9.17, 15) is 19.5 Å². The van der Waals surface area contributed by atoms with E-state index in [2.05, 4.69) is 5.32 Å². The van der Waals surface area contributed by atoms with Crippen LogP contribution in [0.2, 0.25) is 0 Å². The Morgan fingerprint density at radius 1 is 1.04 bits per heavy atom. The smallest absolute Gasteiger partial charge is 0.417 e. The number of Topliss-reactive ketones (excluding diaryl/α,β-unsaturated/α-hetero) is 1. The van der Waals surface area contributed by atoms with Gasteiger partial charge in [0.25, 0.3) is 0 Å². The van der Waals surface area contributed by atoms with Crippen LogP contribution in [0, 0.1) is 0 Å². The van der Waals surface area contributed by atoms with E-state index in [0.717, 1.165) is 12.1 Å². The summed E-state index contributed by atoms with van der Waals surface area (Å²) in [4.78, 5) is 33.7. The predicted molar refractivity (Wildman–Crippen MR) is 81.2 cm³/mol. The lowest BCUT2D eigenvalue weighted by Crippen LogP contribution is -2.16. The highest BCUT2D eigenvalue weighted by Gasteiger charge is 2.12. The zero-order valence-electron chi connectivity index (χ0n) is 12.1. The summed E-state index contributed by atoms with van der Waals surface area (Å²) in [7, 11) is 0. The molecule has 0 unspecified atom stereocenters. The molecule has 3 N–H and O–H groups in total. The largest absolute Gasteiger partial charge is 0.507 e. The number of anilines is 1. The number of nitrogens with one attached hydrogen (secondary N) is 1. The van der Waals surface area contributed by atoms with Gasteiger partial charge < -0.3 is 14.9 Å². The summed E-state index contributed by atoms with van der Waals surface area (Å²) in [5, 5.41) is 20.7. The van der Waals surface area contributed by atoms with E-state index in [0.29, 0.717) is 5.56 Å². The molecule has 7 heteroatoms. The number of carboxylic acid groups (broad SMARTS) is 1. The van der Waals surface area contributed by atoms with Gasteiger partial charge in [-0.05, 0) is 43.3 Å². The van der Waals surface area contributed by atoms with Crippen LogP contribution in [0.25, 0.3) is 0 Å². The van der Waals surface area contributed by atoms with Gasteiger partial charge in [-0.15, -0.1) is 0 Å². The first-order valence-corrected chi connectivity index (χ1v) is 6.53. The van der Waals surface area contributed by atoms with E-state index in [1.807, 2.05) is 0 Å². The van der Waals surface area contributed by atoms with Crippen molar-refractivity contribution in [3.05, 3.63) is 53.6 Å². The average Bonchev–Trinajstić information content (AvgIpc) is 2.47.